The van der Waals surface area contributed by atoms with Crippen molar-refractivity contribution in [3.8, 4) is 11.8 Å². The quantitative estimate of drug-likeness (QED) is 0.532. The Morgan fingerprint density at radius 1 is 1.00 bits per heavy atom. The highest BCUT2D eigenvalue weighted by atomic mass is 16.7. The van der Waals surface area contributed by atoms with Gasteiger partial charge in [0.2, 0.25) is 5.91 Å². The van der Waals surface area contributed by atoms with Gasteiger partial charge in [-0.2, -0.15) is 5.26 Å². The number of hydrogen-bond acceptors (Lipinski definition) is 5. The van der Waals surface area contributed by atoms with E-state index in [2.05, 4.69) is 24.3 Å². The molecule has 0 bridgehead atoms. The molecule has 3 aromatic rings. The van der Waals surface area contributed by atoms with E-state index in [9.17, 15) is 10.1 Å². The summed E-state index contributed by atoms with van der Waals surface area (Å²) < 4.78 is 17.4. The number of carbonyl (C=O) groups excluding carboxylic acids is 1. The average Bonchev–Trinajstić information content (AvgIpc) is 3.37. The van der Waals surface area contributed by atoms with E-state index < -0.39 is 17.1 Å². The fourth-order valence-electron chi connectivity index (χ4n) is 5.60. The van der Waals surface area contributed by atoms with E-state index in [0.717, 1.165) is 21.9 Å². The Bertz CT molecular complexity index is 1260. The third-order valence-corrected chi connectivity index (χ3v) is 7.46. The molecule has 6 heteroatoms. The van der Waals surface area contributed by atoms with E-state index in [1.807, 2.05) is 48.5 Å². The van der Waals surface area contributed by atoms with Crippen molar-refractivity contribution in [2.75, 3.05) is 33.4 Å². The van der Waals surface area contributed by atoms with E-state index in [1.165, 1.54) is 0 Å². The molecular weight excluding hydrogens is 440 g/mol. The van der Waals surface area contributed by atoms with Gasteiger partial charge in [-0.05, 0) is 29.3 Å². The molecule has 1 spiro atoms. The molecule has 2 fully saturated rings. The lowest BCUT2D eigenvalue weighted by atomic mass is 9.68. The van der Waals surface area contributed by atoms with Gasteiger partial charge in [-0.15, -0.1) is 0 Å². The van der Waals surface area contributed by atoms with Gasteiger partial charge >= 0.3 is 0 Å². The molecular formula is C29H30N2O4. The standard InChI is InChI=1S/C29H30N2O4/c1-28(20-30,27(32)31-16-14-29(15-17-31)34-18-19-35-29)26(24-11-5-6-13-25(24)33-2)23-12-7-9-21-8-3-4-10-22(21)23/h3-13,26H,14-19H2,1-2H3/t26-,28+/m0/s1. The summed E-state index contributed by atoms with van der Waals surface area (Å²) in [6, 6.07) is 24.3. The van der Waals surface area contributed by atoms with Crippen molar-refractivity contribution in [3.63, 3.8) is 0 Å². The van der Waals surface area contributed by atoms with E-state index in [0.29, 0.717) is 44.9 Å². The van der Waals surface area contributed by atoms with Gasteiger partial charge in [-0.3, -0.25) is 4.79 Å². The van der Waals surface area contributed by atoms with Gasteiger partial charge < -0.3 is 19.1 Å². The van der Waals surface area contributed by atoms with Crippen LogP contribution in [0.4, 0.5) is 0 Å². The Balaban J connectivity index is 1.60. The Labute approximate surface area is 206 Å². The molecule has 2 saturated heterocycles. The fraction of sp³-hybridized carbons (Fsp3) is 0.379. The van der Waals surface area contributed by atoms with Crippen molar-refractivity contribution in [1.82, 2.24) is 4.90 Å². The Hall–Kier alpha value is -3.40. The minimum atomic E-state index is -1.36. The van der Waals surface area contributed by atoms with Crippen LogP contribution in [0.5, 0.6) is 5.75 Å². The number of benzene rings is 3. The summed E-state index contributed by atoms with van der Waals surface area (Å²) in [6.07, 6.45) is 1.21. The van der Waals surface area contributed by atoms with E-state index in [1.54, 1.807) is 18.9 Å². The second kappa shape index (κ2) is 9.33. The zero-order valence-electron chi connectivity index (χ0n) is 20.2. The number of fused-ring (bicyclic) bond motifs is 1. The lowest BCUT2D eigenvalue weighted by Crippen LogP contribution is -2.52. The highest BCUT2D eigenvalue weighted by Crippen LogP contribution is 2.48. The number of piperidine rings is 1. The molecule has 5 rings (SSSR count). The third kappa shape index (κ3) is 4.05. The number of hydrogen-bond donors (Lipinski definition) is 0. The second-order valence-electron chi connectivity index (χ2n) is 9.46. The van der Waals surface area contributed by atoms with Crippen LogP contribution in [0.25, 0.3) is 10.8 Å². The summed E-state index contributed by atoms with van der Waals surface area (Å²) in [5.41, 5.74) is 0.390. The largest absolute Gasteiger partial charge is 0.496 e. The van der Waals surface area contributed by atoms with Gasteiger partial charge in [0.25, 0.3) is 0 Å². The van der Waals surface area contributed by atoms with E-state index in [-0.39, 0.29) is 5.91 Å². The van der Waals surface area contributed by atoms with Gasteiger partial charge in [-0.25, -0.2) is 0 Å². The number of likely N-dealkylation sites (tertiary alicyclic amines) is 1. The number of amides is 1. The summed E-state index contributed by atoms with van der Waals surface area (Å²) >= 11 is 0. The summed E-state index contributed by atoms with van der Waals surface area (Å²) in [6.45, 7) is 3.91. The molecule has 0 N–H and O–H groups in total. The first kappa shape index (κ1) is 23.3. The highest BCUT2D eigenvalue weighted by molar-refractivity contribution is 5.91. The van der Waals surface area contributed by atoms with Crippen molar-refractivity contribution < 1.29 is 19.0 Å². The average molecular weight is 471 g/mol. The van der Waals surface area contributed by atoms with Crippen LogP contribution in [0.3, 0.4) is 0 Å². The van der Waals surface area contributed by atoms with Crippen LogP contribution in [-0.4, -0.2) is 50.0 Å². The summed E-state index contributed by atoms with van der Waals surface area (Å²) in [5, 5.41) is 12.7. The van der Waals surface area contributed by atoms with Crippen LogP contribution >= 0.6 is 0 Å². The maximum absolute atomic E-state index is 14.2. The number of ether oxygens (including phenoxy) is 3. The van der Waals surface area contributed by atoms with E-state index in [4.69, 9.17) is 14.2 Å². The molecule has 0 aliphatic carbocycles. The predicted molar refractivity (Wildman–Crippen MR) is 133 cm³/mol. The molecule has 0 unspecified atom stereocenters. The van der Waals surface area contributed by atoms with Crippen LogP contribution in [0.2, 0.25) is 0 Å². The normalized spacial score (nSPS) is 19.7. The molecule has 6 nitrogen and oxygen atoms in total. The predicted octanol–water partition coefficient (Wildman–Crippen LogP) is 4.88. The zero-order chi connectivity index (χ0) is 24.5. The Morgan fingerprint density at radius 2 is 1.63 bits per heavy atom. The lowest BCUT2D eigenvalue weighted by molar-refractivity contribution is -0.189. The van der Waals surface area contributed by atoms with Gasteiger partial charge in [0, 0.05) is 37.4 Å². The Morgan fingerprint density at radius 3 is 2.34 bits per heavy atom. The SMILES string of the molecule is COc1ccccc1[C@H](c1cccc2ccccc12)[C@@](C)(C#N)C(=O)N1CCC2(CC1)OCCO2. The first-order valence-corrected chi connectivity index (χ1v) is 12.1. The van der Waals surface area contributed by atoms with Gasteiger partial charge in [0.1, 0.15) is 11.2 Å². The molecule has 0 saturated carbocycles. The number of nitriles is 1. The first-order chi connectivity index (χ1) is 17.0. The Kier molecular flexibility index (Phi) is 6.22. The second-order valence-corrected chi connectivity index (χ2v) is 9.46. The molecule has 0 aromatic heterocycles. The van der Waals surface area contributed by atoms with Crippen LogP contribution in [-0.2, 0) is 14.3 Å². The molecule has 0 radical (unpaired) electrons. The molecule has 1 amide bonds. The number of carbonyl (C=O) groups is 1. The number of nitrogens with zero attached hydrogens (tertiary/aromatic N) is 2. The van der Waals surface area contributed by atoms with Gasteiger partial charge in [0.05, 0.1) is 26.4 Å². The maximum atomic E-state index is 14.2. The smallest absolute Gasteiger partial charge is 0.243 e. The highest BCUT2D eigenvalue weighted by Gasteiger charge is 2.49. The van der Waals surface area contributed by atoms with Crippen molar-refractivity contribution in [2.45, 2.75) is 31.5 Å². The van der Waals surface area contributed by atoms with Crippen molar-refractivity contribution in [1.29, 1.82) is 5.26 Å². The minimum Gasteiger partial charge on any atom is -0.496 e. The molecule has 2 heterocycles. The lowest BCUT2D eigenvalue weighted by Gasteiger charge is -2.42. The monoisotopic (exact) mass is 470 g/mol. The molecule has 35 heavy (non-hydrogen) atoms. The van der Waals surface area contributed by atoms with Gasteiger partial charge in [-0.1, -0.05) is 60.7 Å². The van der Waals surface area contributed by atoms with Crippen LogP contribution in [0.1, 0.15) is 36.8 Å². The topological polar surface area (TPSA) is 71.8 Å². The van der Waals surface area contributed by atoms with Crippen molar-refractivity contribution >= 4 is 16.7 Å². The van der Waals surface area contributed by atoms with Crippen LogP contribution in [0.15, 0.2) is 66.7 Å². The summed E-state index contributed by atoms with van der Waals surface area (Å²) in [5.74, 6) is -0.642. The zero-order valence-corrected chi connectivity index (χ0v) is 20.2. The molecule has 2 atom stereocenters. The molecule has 3 aromatic carbocycles. The van der Waals surface area contributed by atoms with Crippen LogP contribution < -0.4 is 4.74 Å². The molecule has 2 aliphatic rings. The van der Waals surface area contributed by atoms with Crippen molar-refractivity contribution in [3.05, 3.63) is 77.9 Å². The number of rotatable bonds is 5. The number of para-hydroxylation sites is 1. The summed E-state index contributed by atoms with van der Waals surface area (Å²) in [4.78, 5) is 16.0. The minimum absolute atomic E-state index is 0.184. The van der Waals surface area contributed by atoms with E-state index >= 15 is 0 Å². The third-order valence-electron chi connectivity index (χ3n) is 7.46. The fourth-order valence-corrected chi connectivity index (χ4v) is 5.60. The van der Waals surface area contributed by atoms with Crippen molar-refractivity contribution in [2.24, 2.45) is 5.41 Å². The van der Waals surface area contributed by atoms with Crippen LogP contribution in [0, 0.1) is 16.7 Å². The number of methoxy groups -OCH3 is 1. The maximum Gasteiger partial charge on any atom is 0.243 e. The molecule has 180 valence electrons. The first-order valence-electron chi connectivity index (χ1n) is 12.1. The van der Waals surface area contributed by atoms with Gasteiger partial charge in [0.15, 0.2) is 5.79 Å². The summed E-state index contributed by atoms with van der Waals surface area (Å²) in [7, 11) is 1.62. The molecule has 2 aliphatic heterocycles.